The number of likely N-dealkylation sites (tertiary alicyclic amines) is 2. The lowest BCUT2D eigenvalue weighted by Gasteiger charge is -2.39. The van der Waals surface area contributed by atoms with E-state index in [1.807, 2.05) is 18.2 Å². The average molecular weight is 569 g/mol. The molecule has 2 aliphatic heterocycles. The second kappa shape index (κ2) is 15.9. The van der Waals surface area contributed by atoms with E-state index in [1.54, 1.807) is 36.4 Å². The normalized spacial score (nSPS) is 15.6. The highest BCUT2D eigenvalue weighted by molar-refractivity contribution is 5.70. The van der Waals surface area contributed by atoms with Crippen LogP contribution in [-0.4, -0.2) is 80.5 Å². The van der Waals surface area contributed by atoms with Crippen LogP contribution in [0.4, 0.5) is 13.6 Å². The third kappa shape index (κ3) is 10.6. The molecule has 1 amide bonds. The molecule has 220 valence electrons. The van der Waals surface area contributed by atoms with Crippen LogP contribution in [0.2, 0.25) is 0 Å². The fraction of sp³-hybridized carbons (Fsp3) is 0.387. The standard InChI is InChI=1S/C19H21FN2O3.C12H17FN2O/c20-15-7-9-17(10-8-15)24-18-13-22(14-18)12-4-11-21-19(23)25-16-5-2-1-3-6-16;13-10-2-4-11(5-3-10)16-12-8-15(9-12)7-1-6-14/h1-3,5-10,18H,4,11-14H2,(H,21,23);2-5,12H,1,6-9,14H2. The number of carbonyl (C=O) groups excluding carboxylic acids is 1. The first kappa shape index (κ1) is 30.2. The first-order valence-corrected chi connectivity index (χ1v) is 14.0. The van der Waals surface area contributed by atoms with Crippen LogP contribution in [0.1, 0.15) is 12.8 Å². The van der Waals surface area contributed by atoms with Crippen molar-refractivity contribution in [1.82, 2.24) is 15.1 Å². The Morgan fingerprint density at radius 1 is 0.732 bits per heavy atom. The molecule has 10 heteroatoms. The van der Waals surface area contributed by atoms with Crippen molar-refractivity contribution in [3.05, 3.63) is 90.5 Å². The molecule has 0 aliphatic carbocycles. The lowest BCUT2D eigenvalue weighted by molar-refractivity contribution is 0.0195. The van der Waals surface area contributed by atoms with Gasteiger partial charge in [0.2, 0.25) is 0 Å². The molecule has 2 fully saturated rings. The van der Waals surface area contributed by atoms with Gasteiger partial charge in [-0.25, -0.2) is 13.6 Å². The molecule has 3 N–H and O–H groups in total. The maximum atomic E-state index is 12.8. The van der Waals surface area contributed by atoms with E-state index >= 15 is 0 Å². The summed E-state index contributed by atoms with van der Waals surface area (Å²) in [5.41, 5.74) is 5.43. The van der Waals surface area contributed by atoms with Gasteiger partial charge in [0.25, 0.3) is 0 Å². The Balaban J connectivity index is 0.000000208. The van der Waals surface area contributed by atoms with Gasteiger partial charge in [-0.1, -0.05) is 18.2 Å². The quantitative estimate of drug-likeness (QED) is 0.315. The lowest BCUT2D eigenvalue weighted by atomic mass is 10.1. The number of para-hydroxylation sites is 1. The van der Waals surface area contributed by atoms with Gasteiger partial charge in [0.1, 0.15) is 41.1 Å². The predicted octanol–water partition coefficient (Wildman–Crippen LogP) is 4.30. The van der Waals surface area contributed by atoms with Gasteiger partial charge in [-0.05, 0) is 86.6 Å². The number of hydrogen-bond acceptors (Lipinski definition) is 7. The lowest BCUT2D eigenvalue weighted by Crippen LogP contribution is -2.54. The highest BCUT2D eigenvalue weighted by Crippen LogP contribution is 2.19. The zero-order chi connectivity index (χ0) is 28.9. The molecule has 5 rings (SSSR count). The number of nitrogens with two attached hydrogens (primary N) is 1. The number of carbonyl (C=O) groups is 1. The maximum absolute atomic E-state index is 12.8. The molecule has 0 unspecified atom stereocenters. The van der Waals surface area contributed by atoms with Crippen molar-refractivity contribution in [1.29, 1.82) is 0 Å². The minimum atomic E-state index is -0.438. The number of nitrogens with zero attached hydrogens (tertiary/aromatic N) is 2. The van der Waals surface area contributed by atoms with Crippen molar-refractivity contribution in [2.45, 2.75) is 25.0 Å². The molecule has 0 aromatic heterocycles. The van der Waals surface area contributed by atoms with Crippen molar-refractivity contribution in [2.24, 2.45) is 5.73 Å². The SMILES string of the molecule is NCCCN1CC(Oc2ccc(F)cc2)C1.O=C(NCCCN1CC(Oc2ccc(F)cc2)C1)Oc1ccccc1. The van der Waals surface area contributed by atoms with Crippen LogP contribution < -0.4 is 25.3 Å². The van der Waals surface area contributed by atoms with Gasteiger partial charge in [0.05, 0.1) is 0 Å². The summed E-state index contributed by atoms with van der Waals surface area (Å²) in [6.07, 6.45) is 1.81. The molecule has 0 spiro atoms. The van der Waals surface area contributed by atoms with Gasteiger partial charge in [0.15, 0.2) is 0 Å². The van der Waals surface area contributed by atoms with Crippen molar-refractivity contribution in [3.8, 4) is 17.2 Å². The van der Waals surface area contributed by atoms with Crippen LogP contribution in [0.25, 0.3) is 0 Å². The third-order valence-corrected chi connectivity index (χ3v) is 6.63. The maximum Gasteiger partial charge on any atom is 0.412 e. The van der Waals surface area contributed by atoms with Gasteiger partial charge in [-0.3, -0.25) is 9.80 Å². The molecule has 0 atom stereocenters. The second-order valence-corrected chi connectivity index (χ2v) is 10.0. The Morgan fingerprint density at radius 2 is 1.22 bits per heavy atom. The fourth-order valence-electron chi connectivity index (χ4n) is 4.41. The molecule has 3 aromatic carbocycles. The van der Waals surface area contributed by atoms with E-state index in [0.717, 1.165) is 64.4 Å². The van der Waals surface area contributed by atoms with E-state index in [0.29, 0.717) is 18.0 Å². The molecule has 0 saturated carbocycles. The van der Waals surface area contributed by atoms with Crippen molar-refractivity contribution < 1.29 is 27.8 Å². The topological polar surface area (TPSA) is 89.3 Å². The summed E-state index contributed by atoms with van der Waals surface area (Å²) in [7, 11) is 0. The number of rotatable bonds is 12. The summed E-state index contributed by atoms with van der Waals surface area (Å²) < 4.78 is 42.0. The van der Waals surface area contributed by atoms with E-state index in [9.17, 15) is 13.6 Å². The molecule has 0 radical (unpaired) electrons. The Hall–Kier alpha value is -3.73. The van der Waals surface area contributed by atoms with E-state index in [2.05, 4.69) is 15.1 Å². The first-order valence-electron chi connectivity index (χ1n) is 14.0. The molecule has 0 bridgehead atoms. The molecule has 2 aliphatic rings. The Morgan fingerprint density at radius 3 is 1.71 bits per heavy atom. The van der Waals surface area contributed by atoms with E-state index in [4.69, 9.17) is 19.9 Å². The van der Waals surface area contributed by atoms with Crippen LogP contribution >= 0.6 is 0 Å². The summed E-state index contributed by atoms with van der Waals surface area (Å²) in [4.78, 5) is 16.2. The number of halogens is 2. The number of ether oxygens (including phenoxy) is 3. The molecule has 2 heterocycles. The number of amides is 1. The predicted molar refractivity (Wildman–Crippen MR) is 153 cm³/mol. The molecule has 41 heavy (non-hydrogen) atoms. The molecular formula is C31H38F2N4O4. The zero-order valence-electron chi connectivity index (χ0n) is 23.1. The van der Waals surface area contributed by atoms with E-state index < -0.39 is 6.09 Å². The summed E-state index contributed by atoms with van der Waals surface area (Å²) >= 11 is 0. The van der Waals surface area contributed by atoms with Crippen molar-refractivity contribution in [2.75, 3.05) is 52.4 Å². The van der Waals surface area contributed by atoms with E-state index in [-0.39, 0.29) is 23.8 Å². The monoisotopic (exact) mass is 568 g/mol. The van der Waals surface area contributed by atoms with Gasteiger partial charge in [-0.2, -0.15) is 0 Å². The smallest absolute Gasteiger partial charge is 0.412 e. The van der Waals surface area contributed by atoms with Crippen LogP contribution in [-0.2, 0) is 0 Å². The number of hydrogen-bond donors (Lipinski definition) is 2. The Labute approximate surface area is 240 Å². The van der Waals surface area contributed by atoms with Gasteiger partial charge in [-0.15, -0.1) is 0 Å². The highest BCUT2D eigenvalue weighted by Gasteiger charge is 2.28. The minimum Gasteiger partial charge on any atom is -0.488 e. The summed E-state index contributed by atoms with van der Waals surface area (Å²) in [5.74, 6) is 1.47. The van der Waals surface area contributed by atoms with Crippen LogP contribution in [0.3, 0.4) is 0 Å². The molecule has 2 saturated heterocycles. The summed E-state index contributed by atoms with van der Waals surface area (Å²) in [5, 5.41) is 2.74. The molecule has 8 nitrogen and oxygen atoms in total. The second-order valence-electron chi connectivity index (χ2n) is 10.0. The van der Waals surface area contributed by atoms with Crippen LogP contribution in [0.5, 0.6) is 17.2 Å². The average Bonchev–Trinajstić information content (AvgIpc) is 2.93. The molecular weight excluding hydrogens is 530 g/mol. The third-order valence-electron chi connectivity index (χ3n) is 6.63. The van der Waals surface area contributed by atoms with Crippen molar-refractivity contribution >= 4 is 6.09 Å². The highest BCUT2D eigenvalue weighted by atomic mass is 19.1. The Kier molecular flexibility index (Phi) is 11.7. The van der Waals surface area contributed by atoms with Gasteiger partial charge in [0, 0.05) is 39.3 Å². The summed E-state index contributed by atoms with van der Waals surface area (Å²) in [6, 6.07) is 21.2. The van der Waals surface area contributed by atoms with Crippen molar-refractivity contribution in [3.63, 3.8) is 0 Å². The summed E-state index contributed by atoms with van der Waals surface area (Å²) in [6.45, 7) is 6.78. The fourth-order valence-corrected chi connectivity index (χ4v) is 4.41. The first-order chi connectivity index (χ1) is 20.0. The van der Waals surface area contributed by atoms with Crippen LogP contribution in [0, 0.1) is 11.6 Å². The van der Waals surface area contributed by atoms with Crippen LogP contribution in [0.15, 0.2) is 78.9 Å². The largest absolute Gasteiger partial charge is 0.488 e. The zero-order valence-corrected chi connectivity index (χ0v) is 23.1. The van der Waals surface area contributed by atoms with Gasteiger partial charge >= 0.3 is 6.09 Å². The number of nitrogens with one attached hydrogen (secondary N) is 1. The molecule has 3 aromatic rings. The number of benzene rings is 3. The Bertz CT molecular complexity index is 1170. The van der Waals surface area contributed by atoms with Gasteiger partial charge < -0.3 is 25.3 Å². The minimum absolute atomic E-state index is 0.140. The van der Waals surface area contributed by atoms with E-state index in [1.165, 1.54) is 24.3 Å².